The van der Waals surface area contributed by atoms with Crippen LogP contribution in [0, 0.1) is 31.0 Å². The fraction of sp³-hybridized carbons (Fsp3) is 0.278. The number of ether oxygens (including phenoxy) is 2. The number of aromatic amines is 1. The van der Waals surface area contributed by atoms with Gasteiger partial charge in [0.05, 0.1) is 17.7 Å². The van der Waals surface area contributed by atoms with Gasteiger partial charge in [0.15, 0.2) is 0 Å². The van der Waals surface area contributed by atoms with Crippen molar-refractivity contribution in [1.82, 2.24) is 4.98 Å². The number of anilines is 1. The quantitative estimate of drug-likeness (QED) is 0.609. The Labute approximate surface area is 149 Å². The number of carbonyl (C=O) groups excluding carboxylic acids is 2. The van der Waals surface area contributed by atoms with Crippen LogP contribution in [0.3, 0.4) is 0 Å². The van der Waals surface area contributed by atoms with Crippen molar-refractivity contribution in [3.63, 3.8) is 0 Å². The Kier molecular flexibility index (Phi) is 6.09. The molecule has 2 rings (SSSR count). The molecule has 1 heterocycles. The second-order valence-corrected chi connectivity index (χ2v) is 5.51. The number of aryl methyl sites for hydroxylation is 1. The summed E-state index contributed by atoms with van der Waals surface area (Å²) in [5.41, 5.74) is 1.48. The molecule has 0 aliphatic rings. The number of benzene rings is 1. The van der Waals surface area contributed by atoms with Gasteiger partial charge in [0.2, 0.25) is 0 Å². The van der Waals surface area contributed by atoms with Gasteiger partial charge in [-0.2, -0.15) is 5.26 Å². The van der Waals surface area contributed by atoms with E-state index in [1.807, 2.05) is 0 Å². The van der Waals surface area contributed by atoms with E-state index in [0.717, 1.165) is 6.07 Å². The first-order valence-electron chi connectivity index (χ1n) is 7.75. The van der Waals surface area contributed by atoms with Crippen molar-refractivity contribution in [3.05, 3.63) is 52.1 Å². The summed E-state index contributed by atoms with van der Waals surface area (Å²) in [6, 6.07) is 5.38. The number of hydrogen-bond donors (Lipinski definition) is 2. The molecular weight excluding hydrogens is 341 g/mol. The SMILES string of the molecule is COCCOC(=O)c1c(C)[nH]c(C(=O)Nc2ccc(F)c(C#N)c2)c1C. The molecular formula is C18H18FN3O4. The van der Waals surface area contributed by atoms with Crippen LogP contribution in [-0.4, -0.2) is 37.2 Å². The molecule has 0 bridgehead atoms. The zero-order chi connectivity index (χ0) is 19.3. The number of methoxy groups -OCH3 is 1. The Morgan fingerprint density at radius 1 is 1.31 bits per heavy atom. The molecule has 0 fully saturated rings. The van der Waals surface area contributed by atoms with Crippen LogP contribution >= 0.6 is 0 Å². The average molecular weight is 359 g/mol. The minimum Gasteiger partial charge on any atom is -0.460 e. The molecule has 0 atom stereocenters. The van der Waals surface area contributed by atoms with Gasteiger partial charge in [-0.25, -0.2) is 9.18 Å². The lowest BCUT2D eigenvalue weighted by atomic mass is 10.1. The Bertz CT molecular complexity index is 883. The first kappa shape index (κ1) is 19.1. The van der Waals surface area contributed by atoms with Crippen LogP contribution in [0.2, 0.25) is 0 Å². The van der Waals surface area contributed by atoms with Crippen molar-refractivity contribution in [2.24, 2.45) is 0 Å². The topological polar surface area (TPSA) is 104 Å². The van der Waals surface area contributed by atoms with Crippen molar-refractivity contribution in [2.45, 2.75) is 13.8 Å². The standard InChI is InChI=1S/C18H18FN3O4/c1-10-15(18(24)26-7-6-25-3)11(2)21-16(10)17(23)22-13-4-5-14(19)12(8-13)9-20/h4-5,8,21H,6-7H2,1-3H3,(H,22,23). The highest BCUT2D eigenvalue weighted by atomic mass is 19.1. The minimum absolute atomic E-state index is 0.105. The Hall–Kier alpha value is -3.18. The third kappa shape index (κ3) is 4.07. The number of nitriles is 1. The van der Waals surface area contributed by atoms with E-state index in [9.17, 15) is 14.0 Å². The molecule has 0 aliphatic heterocycles. The van der Waals surface area contributed by atoms with Gasteiger partial charge in [-0.3, -0.25) is 4.79 Å². The summed E-state index contributed by atoms with van der Waals surface area (Å²) >= 11 is 0. The fourth-order valence-corrected chi connectivity index (χ4v) is 2.46. The van der Waals surface area contributed by atoms with Crippen LogP contribution in [0.5, 0.6) is 0 Å². The first-order valence-corrected chi connectivity index (χ1v) is 7.75. The minimum atomic E-state index is -0.668. The lowest BCUT2D eigenvalue weighted by molar-refractivity contribution is 0.0387. The maximum atomic E-state index is 13.4. The molecule has 1 amide bonds. The van der Waals surface area contributed by atoms with E-state index >= 15 is 0 Å². The number of amides is 1. The highest BCUT2D eigenvalue weighted by Gasteiger charge is 2.23. The number of carbonyl (C=O) groups is 2. The van der Waals surface area contributed by atoms with Gasteiger partial charge in [0.1, 0.15) is 24.2 Å². The van der Waals surface area contributed by atoms with Gasteiger partial charge in [-0.15, -0.1) is 0 Å². The van der Waals surface area contributed by atoms with Crippen molar-refractivity contribution in [1.29, 1.82) is 5.26 Å². The molecule has 0 saturated heterocycles. The molecule has 0 unspecified atom stereocenters. The maximum absolute atomic E-state index is 13.4. The molecule has 2 N–H and O–H groups in total. The number of hydrogen-bond acceptors (Lipinski definition) is 5. The van der Waals surface area contributed by atoms with Gasteiger partial charge in [0, 0.05) is 18.5 Å². The predicted octanol–water partition coefficient (Wildman–Crippen LogP) is 2.70. The highest BCUT2D eigenvalue weighted by molar-refractivity contribution is 6.06. The van der Waals surface area contributed by atoms with Crippen molar-refractivity contribution >= 4 is 17.6 Å². The van der Waals surface area contributed by atoms with Crippen LogP contribution in [-0.2, 0) is 9.47 Å². The van der Waals surface area contributed by atoms with Gasteiger partial charge in [-0.05, 0) is 37.6 Å². The summed E-state index contributed by atoms with van der Waals surface area (Å²) in [6.07, 6.45) is 0. The molecule has 8 heteroatoms. The summed E-state index contributed by atoms with van der Waals surface area (Å²) < 4.78 is 23.3. The monoisotopic (exact) mass is 359 g/mol. The summed E-state index contributed by atoms with van der Waals surface area (Å²) in [5, 5.41) is 11.4. The number of rotatable bonds is 6. The van der Waals surface area contributed by atoms with Crippen LogP contribution in [0.4, 0.5) is 10.1 Å². The van der Waals surface area contributed by atoms with Crippen molar-refractivity contribution in [3.8, 4) is 6.07 Å². The molecule has 0 radical (unpaired) electrons. The van der Waals surface area contributed by atoms with Gasteiger partial charge < -0.3 is 19.8 Å². The molecule has 0 spiro atoms. The Morgan fingerprint density at radius 2 is 2.04 bits per heavy atom. The Morgan fingerprint density at radius 3 is 2.69 bits per heavy atom. The normalized spacial score (nSPS) is 10.3. The lowest BCUT2D eigenvalue weighted by Crippen LogP contribution is -2.15. The number of H-pyrrole nitrogens is 1. The summed E-state index contributed by atoms with van der Waals surface area (Å²) in [4.78, 5) is 27.5. The molecule has 7 nitrogen and oxygen atoms in total. The number of aromatic nitrogens is 1. The van der Waals surface area contributed by atoms with E-state index in [4.69, 9.17) is 14.7 Å². The molecule has 1 aromatic carbocycles. The van der Waals surface area contributed by atoms with E-state index in [-0.39, 0.29) is 35.7 Å². The highest BCUT2D eigenvalue weighted by Crippen LogP contribution is 2.21. The number of nitrogens with zero attached hydrogens (tertiary/aromatic N) is 1. The number of nitrogens with one attached hydrogen (secondary N) is 2. The molecule has 2 aromatic rings. The second-order valence-electron chi connectivity index (χ2n) is 5.51. The molecule has 136 valence electrons. The maximum Gasteiger partial charge on any atom is 0.340 e. The lowest BCUT2D eigenvalue weighted by Gasteiger charge is -2.06. The van der Waals surface area contributed by atoms with E-state index < -0.39 is 17.7 Å². The van der Waals surface area contributed by atoms with E-state index in [1.165, 1.54) is 19.2 Å². The fourth-order valence-electron chi connectivity index (χ4n) is 2.46. The molecule has 1 aromatic heterocycles. The Balaban J connectivity index is 2.21. The third-order valence-electron chi connectivity index (χ3n) is 3.73. The zero-order valence-corrected chi connectivity index (χ0v) is 14.6. The summed E-state index contributed by atoms with van der Waals surface area (Å²) in [6.45, 7) is 3.65. The summed E-state index contributed by atoms with van der Waals surface area (Å²) in [5.74, 6) is -1.74. The zero-order valence-electron chi connectivity index (χ0n) is 14.6. The van der Waals surface area contributed by atoms with Crippen LogP contribution in [0.25, 0.3) is 0 Å². The summed E-state index contributed by atoms with van der Waals surface area (Å²) in [7, 11) is 1.50. The molecule has 0 aliphatic carbocycles. The predicted molar refractivity (Wildman–Crippen MR) is 91.5 cm³/mol. The molecule has 26 heavy (non-hydrogen) atoms. The molecule has 0 saturated carbocycles. The van der Waals surface area contributed by atoms with Crippen LogP contribution < -0.4 is 5.32 Å². The smallest absolute Gasteiger partial charge is 0.340 e. The number of halogens is 1. The van der Waals surface area contributed by atoms with Crippen molar-refractivity contribution in [2.75, 3.05) is 25.6 Å². The van der Waals surface area contributed by atoms with Gasteiger partial charge >= 0.3 is 5.97 Å². The van der Waals surface area contributed by atoms with Crippen molar-refractivity contribution < 1.29 is 23.5 Å². The van der Waals surface area contributed by atoms with Crippen LogP contribution in [0.15, 0.2) is 18.2 Å². The number of esters is 1. The largest absolute Gasteiger partial charge is 0.460 e. The average Bonchev–Trinajstić information content (AvgIpc) is 2.91. The van der Waals surface area contributed by atoms with E-state index in [0.29, 0.717) is 11.3 Å². The second kappa shape index (κ2) is 8.27. The van der Waals surface area contributed by atoms with E-state index in [2.05, 4.69) is 10.3 Å². The van der Waals surface area contributed by atoms with Crippen LogP contribution in [0.1, 0.15) is 37.7 Å². The van der Waals surface area contributed by atoms with Gasteiger partial charge in [-0.1, -0.05) is 0 Å². The third-order valence-corrected chi connectivity index (χ3v) is 3.73. The first-order chi connectivity index (χ1) is 12.4. The van der Waals surface area contributed by atoms with E-state index in [1.54, 1.807) is 19.9 Å². The van der Waals surface area contributed by atoms with Gasteiger partial charge in [0.25, 0.3) is 5.91 Å².